The van der Waals surface area contributed by atoms with Crippen LogP contribution in [0.4, 0.5) is 5.69 Å². The lowest BCUT2D eigenvalue weighted by Gasteiger charge is -2.13. The first-order valence-electron chi connectivity index (χ1n) is 7.46. The number of para-hydroxylation sites is 1. The molecule has 0 spiro atoms. The second kappa shape index (κ2) is 7.66. The van der Waals surface area contributed by atoms with Crippen molar-refractivity contribution in [1.29, 1.82) is 0 Å². The Balaban J connectivity index is 1.70. The Morgan fingerprint density at radius 1 is 1.08 bits per heavy atom. The number of hydrogen-bond acceptors (Lipinski definition) is 4. The van der Waals surface area contributed by atoms with Crippen LogP contribution >= 0.6 is 11.6 Å². The van der Waals surface area contributed by atoms with Crippen molar-refractivity contribution in [2.75, 3.05) is 5.32 Å². The van der Waals surface area contributed by atoms with E-state index in [0.29, 0.717) is 18.8 Å². The molecule has 0 unspecified atom stereocenters. The first-order chi connectivity index (χ1) is 11.7. The van der Waals surface area contributed by atoms with E-state index in [4.69, 9.17) is 16.3 Å². The number of halogens is 1. The van der Waals surface area contributed by atoms with E-state index < -0.39 is 5.56 Å². The number of H-pyrrole nitrogens is 1. The van der Waals surface area contributed by atoms with Crippen molar-refractivity contribution in [3.8, 4) is 5.75 Å². The summed E-state index contributed by atoms with van der Waals surface area (Å²) in [4.78, 5) is 11.5. The maximum absolute atomic E-state index is 11.5. The van der Waals surface area contributed by atoms with E-state index in [9.17, 15) is 4.79 Å². The largest absolute Gasteiger partial charge is 0.489 e. The molecule has 1 aromatic heterocycles. The van der Waals surface area contributed by atoms with Gasteiger partial charge in [0.05, 0.1) is 11.9 Å². The van der Waals surface area contributed by atoms with Crippen molar-refractivity contribution < 1.29 is 4.74 Å². The van der Waals surface area contributed by atoms with Gasteiger partial charge in [-0.15, -0.1) is 0 Å². The van der Waals surface area contributed by atoms with Crippen molar-refractivity contribution in [2.45, 2.75) is 13.2 Å². The third-order valence-corrected chi connectivity index (χ3v) is 3.85. The van der Waals surface area contributed by atoms with Gasteiger partial charge in [-0.3, -0.25) is 4.79 Å². The minimum Gasteiger partial charge on any atom is -0.489 e. The minimum absolute atomic E-state index is 0.0904. The topological polar surface area (TPSA) is 67.0 Å². The van der Waals surface area contributed by atoms with Crippen molar-refractivity contribution in [1.82, 2.24) is 10.2 Å². The smallest absolute Gasteiger partial charge is 0.285 e. The second-order valence-electron chi connectivity index (χ2n) is 5.16. The Labute approximate surface area is 144 Å². The molecule has 3 aromatic rings. The van der Waals surface area contributed by atoms with Gasteiger partial charge in [0.15, 0.2) is 0 Å². The fourth-order valence-electron chi connectivity index (χ4n) is 2.22. The Bertz CT molecular complexity index is 865. The molecule has 1 heterocycles. The number of benzene rings is 2. The molecule has 24 heavy (non-hydrogen) atoms. The summed E-state index contributed by atoms with van der Waals surface area (Å²) in [6, 6.07) is 17.7. The molecule has 0 aliphatic heterocycles. The average molecular weight is 342 g/mol. The fraction of sp³-hybridized carbons (Fsp3) is 0.111. The molecule has 3 rings (SSSR count). The summed E-state index contributed by atoms with van der Waals surface area (Å²) in [7, 11) is 0. The summed E-state index contributed by atoms with van der Waals surface area (Å²) in [5.74, 6) is 0.780. The van der Waals surface area contributed by atoms with Crippen LogP contribution in [0.25, 0.3) is 0 Å². The van der Waals surface area contributed by atoms with Crippen LogP contribution in [0.3, 0.4) is 0 Å². The van der Waals surface area contributed by atoms with Crippen LogP contribution in [-0.4, -0.2) is 10.2 Å². The third-order valence-electron chi connectivity index (χ3n) is 3.47. The summed E-state index contributed by atoms with van der Waals surface area (Å²) in [5, 5.41) is 9.23. The monoisotopic (exact) mass is 341 g/mol. The molecule has 0 amide bonds. The van der Waals surface area contributed by atoms with Crippen molar-refractivity contribution in [3.63, 3.8) is 0 Å². The molecule has 0 bridgehead atoms. The molecule has 0 saturated heterocycles. The molecule has 0 radical (unpaired) electrons. The lowest BCUT2D eigenvalue weighted by Crippen LogP contribution is -2.12. The molecular weight excluding hydrogens is 326 g/mol. The number of aromatic nitrogens is 2. The normalized spacial score (nSPS) is 10.4. The second-order valence-corrected chi connectivity index (χ2v) is 5.54. The lowest BCUT2D eigenvalue weighted by atomic mass is 10.2. The standard InChI is InChI=1S/C18H16ClN3O2/c19-17-15(11-21-22-18(17)23)20-10-14-8-4-5-9-16(14)24-12-13-6-2-1-3-7-13/h1-9,11H,10,12H2,(H2,20,22,23). The fourth-order valence-corrected chi connectivity index (χ4v) is 2.38. The maximum atomic E-state index is 11.5. The average Bonchev–Trinajstić information content (AvgIpc) is 2.63. The summed E-state index contributed by atoms with van der Waals surface area (Å²) in [6.07, 6.45) is 1.48. The van der Waals surface area contributed by atoms with E-state index in [1.807, 2.05) is 54.6 Å². The predicted molar refractivity (Wildman–Crippen MR) is 94.4 cm³/mol. The molecule has 5 nitrogen and oxygen atoms in total. The molecule has 0 fully saturated rings. The number of nitrogens with one attached hydrogen (secondary N) is 2. The molecule has 2 N–H and O–H groups in total. The van der Waals surface area contributed by atoms with Crippen molar-refractivity contribution in [3.05, 3.63) is 87.3 Å². The van der Waals surface area contributed by atoms with Gasteiger partial charge in [0.1, 0.15) is 17.4 Å². The zero-order valence-corrected chi connectivity index (χ0v) is 13.6. The van der Waals surface area contributed by atoms with Crippen molar-refractivity contribution >= 4 is 17.3 Å². The highest BCUT2D eigenvalue weighted by Crippen LogP contribution is 2.22. The SMILES string of the molecule is O=c1[nH]ncc(NCc2ccccc2OCc2ccccc2)c1Cl. The van der Waals surface area contributed by atoms with Gasteiger partial charge in [0, 0.05) is 12.1 Å². The first kappa shape index (κ1) is 16.1. The number of ether oxygens (including phenoxy) is 1. The van der Waals surface area contributed by atoms with Gasteiger partial charge in [0.25, 0.3) is 5.56 Å². The van der Waals surface area contributed by atoms with Crippen LogP contribution in [0.1, 0.15) is 11.1 Å². The van der Waals surface area contributed by atoms with Gasteiger partial charge in [0.2, 0.25) is 0 Å². The number of hydrogen-bond donors (Lipinski definition) is 2. The zero-order valence-electron chi connectivity index (χ0n) is 12.8. The zero-order chi connectivity index (χ0) is 16.8. The van der Waals surface area contributed by atoms with Gasteiger partial charge in [-0.05, 0) is 11.6 Å². The van der Waals surface area contributed by atoms with E-state index in [-0.39, 0.29) is 5.02 Å². The predicted octanol–water partition coefficient (Wildman–Crippen LogP) is 3.61. The van der Waals surface area contributed by atoms with E-state index in [2.05, 4.69) is 15.5 Å². The van der Waals surface area contributed by atoms with Crippen LogP contribution in [0.5, 0.6) is 5.75 Å². The van der Waals surface area contributed by atoms with Crippen LogP contribution in [0.15, 0.2) is 65.6 Å². The van der Waals surface area contributed by atoms with Crippen molar-refractivity contribution in [2.24, 2.45) is 0 Å². The third kappa shape index (κ3) is 3.94. The molecule has 0 saturated carbocycles. The Hall–Kier alpha value is -2.79. The van der Waals surface area contributed by atoms with Gasteiger partial charge in [-0.25, -0.2) is 5.10 Å². The van der Waals surface area contributed by atoms with Crippen LogP contribution in [0, 0.1) is 0 Å². The summed E-state index contributed by atoms with van der Waals surface area (Å²) < 4.78 is 5.91. The number of anilines is 1. The molecule has 2 aromatic carbocycles. The minimum atomic E-state index is -0.421. The molecule has 0 atom stereocenters. The van der Waals surface area contributed by atoms with Crippen LogP contribution in [-0.2, 0) is 13.2 Å². The van der Waals surface area contributed by atoms with E-state index in [0.717, 1.165) is 16.9 Å². The summed E-state index contributed by atoms with van der Waals surface area (Å²) >= 11 is 5.96. The van der Waals surface area contributed by atoms with Gasteiger partial charge >= 0.3 is 0 Å². The van der Waals surface area contributed by atoms with Crippen LogP contribution < -0.4 is 15.6 Å². The summed E-state index contributed by atoms with van der Waals surface area (Å²) in [6.45, 7) is 0.959. The number of nitrogens with zero attached hydrogens (tertiary/aromatic N) is 1. The molecular formula is C18H16ClN3O2. The van der Waals surface area contributed by atoms with Gasteiger partial charge in [-0.2, -0.15) is 5.10 Å². The first-order valence-corrected chi connectivity index (χ1v) is 7.83. The highest BCUT2D eigenvalue weighted by Gasteiger charge is 2.07. The molecule has 122 valence electrons. The maximum Gasteiger partial charge on any atom is 0.285 e. The Morgan fingerprint density at radius 3 is 2.67 bits per heavy atom. The summed E-state index contributed by atoms with van der Waals surface area (Å²) in [5.41, 5.74) is 2.13. The molecule has 0 aliphatic rings. The number of rotatable bonds is 6. The Morgan fingerprint density at radius 2 is 1.83 bits per heavy atom. The molecule has 0 aliphatic carbocycles. The lowest BCUT2D eigenvalue weighted by molar-refractivity contribution is 0.303. The van der Waals surface area contributed by atoms with E-state index in [1.165, 1.54) is 6.20 Å². The van der Waals surface area contributed by atoms with E-state index in [1.54, 1.807) is 0 Å². The quantitative estimate of drug-likeness (QED) is 0.718. The highest BCUT2D eigenvalue weighted by atomic mass is 35.5. The number of aromatic amines is 1. The van der Waals surface area contributed by atoms with Crippen LogP contribution in [0.2, 0.25) is 5.02 Å². The van der Waals surface area contributed by atoms with E-state index >= 15 is 0 Å². The molecule has 6 heteroatoms. The van der Waals surface area contributed by atoms with Gasteiger partial charge in [-0.1, -0.05) is 60.1 Å². The van der Waals surface area contributed by atoms with Gasteiger partial charge < -0.3 is 10.1 Å². The highest BCUT2D eigenvalue weighted by molar-refractivity contribution is 6.32. The Kier molecular flexibility index (Phi) is 5.13.